The Morgan fingerprint density at radius 2 is 1.59 bits per heavy atom. The predicted octanol–water partition coefficient (Wildman–Crippen LogP) is 2.03. The Morgan fingerprint density at radius 1 is 1.00 bits per heavy atom. The van der Waals surface area contributed by atoms with Gasteiger partial charge in [0, 0.05) is 20.1 Å². The van der Waals surface area contributed by atoms with Crippen molar-refractivity contribution in [3.05, 3.63) is 65.7 Å². The fourth-order valence-corrected chi connectivity index (χ4v) is 3.93. The smallest absolute Gasteiger partial charge is 0.242 e. The van der Waals surface area contributed by atoms with Crippen LogP contribution in [0.1, 0.15) is 17.2 Å². The Kier molecular flexibility index (Phi) is 7.12. The van der Waals surface area contributed by atoms with Gasteiger partial charge in [0.25, 0.3) is 0 Å². The van der Waals surface area contributed by atoms with E-state index in [0.29, 0.717) is 0 Å². The van der Waals surface area contributed by atoms with Gasteiger partial charge < -0.3 is 5.32 Å². The van der Waals surface area contributed by atoms with Gasteiger partial charge in [-0.25, -0.2) is 8.42 Å². The van der Waals surface area contributed by atoms with Crippen molar-refractivity contribution in [3.63, 3.8) is 0 Å². The highest BCUT2D eigenvalue weighted by Crippen LogP contribution is 2.18. The second-order valence-corrected chi connectivity index (χ2v) is 8.75. The maximum atomic E-state index is 12.6. The molecule has 6 nitrogen and oxygen atoms in total. The zero-order valence-electron chi connectivity index (χ0n) is 16.2. The number of amides is 1. The van der Waals surface area contributed by atoms with Gasteiger partial charge in [-0.1, -0.05) is 48.0 Å². The lowest BCUT2D eigenvalue weighted by atomic mass is 10.1. The van der Waals surface area contributed by atoms with Crippen molar-refractivity contribution in [3.8, 4) is 0 Å². The molecule has 2 aromatic carbocycles. The quantitative estimate of drug-likeness (QED) is 0.750. The molecule has 0 spiro atoms. The molecule has 0 radical (unpaired) electrons. The Balaban J connectivity index is 1.98. The van der Waals surface area contributed by atoms with Crippen LogP contribution in [0.5, 0.6) is 0 Å². The number of hydrogen-bond donors (Lipinski definition) is 1. The summed E-state index contributed by atoms with van der Waals surface area (Å²) in [6.45, 7) is 2.33. The second kappa shape index (κ2) is 9.12. The summed E-state index contributed by atoms with van der Waals surface area (Å²) in [4.78, 5) is 14.7. The maximum Gasteiger partial charge on any atom is 0.242 e. The Labute approximate surface area is 161 Å². The zero-order valence-corrected chi connectivity index (χ0v) is 17.0. The van der Waals surface area contributed by atoms with Crippen molar-refractivity contribution in [2.24, 2.45) is 0 Å². The standard InChI is InChI=1S/C20H27N3O3S/c1-16-10-12-18(13-11-16)27(25,26)23(4)15-14-21-20(24)19(22(2)3)17-8-6-5-7-9-17/h5-13,19H,14-15H2,1-4H3,(H,21,24). The zero-order chi connectivity index (χ0) is 20.0. The minimum atomic E-state index is -3.57. The Bertz CT molecular complexity index is 850. The third-order valence-electron chi connectivity index (χ3n) is 4.34. The van der Waals surface area contributed by atoms with Crippen LogP contribution >= 0.6 is 0 Å². The van der Waals surface area contributed by atoms with Gasteiger partial charge in [-0.15, -0.1) is 0 Å². The number of likely N-dealkylation sites (N-methyl/N-ethyl adjacent to an activating group) is 2. The molecular weight excluding hydrogens is 362 g/mol. The summed E-state index contributed by atoms with van der Waals surface area (Å²) in [7, 11) is 1.62. The number of benzene rings is 2. The molecule has 0 aliphatic rings. The van der Waals surface area contributed by atoms with E-state index < -0.39 is 16.1 Å². The van der Waals surface area contributed by atoms with E-state index in [9.17, 15) is 13.2 Å². The number of nitrogens with zero attached hydrogens (tertiary/aromatic N) is 2. The highest BCUT2D eigenvalue weighted by molar-refractivity contribution is 7.89. The summed E-state index contributed by atoms with van der Waals surface area (Å²) in [6.07, 6.45) is 0. The fraction of sp³-hybridized carbons (Fsp3) is 0.350. The lowest BCUT2D eigenvalue weighted by Gasteiger charge is -2.24. The number of hydrogen-bond acceptors (Lipinski definition) is 4. The number of aryl methyl sites for hydroxylation is 1. The van der Waals surface area contributed by atoms with Crippen LogP contribution < -0.4 is 5.32 Å². The highest BCUT2D eigenvalue weighted by Gasteiger charge is 2.24. The molecule has 27 heavy (non-hydrogen) atoms. The first-order valence-electron chi connectivity index (χ1n) is 8.75. The number of rotatable bonds is 8. The number of nitrogens with one attached hydrogen (secondary N) is 1. The largest absolute Gasteiger partial charge is 0.353 e. The van der Waals surface area contributed by atoms with Crippen LogP contribution in [0.3, 0.4) is 0 Å². The van der Waals surface area contributed by atoms with Gasteiger partial charge in [0.05, 0.1) is 4.90 Å². The minimum Gasteiger partial charge on any atom is -0.353 e. The molecular formula is C20H27N3O3S. The molecule has 0 aliphatic carbocycles. The number of carbonyl (C=O) groups excluding carboxylic acids is 1. The summed E-state index contributed by atoms with van der Waals surface area (Å²) in [6, 6.07) is 15.8. The van der Waals surface area contributed by atoms with E-state index in [4.69, 9.17) is 0 Å². The van der Waals surface area contributed by atoms with E-state index in [1.165, 1.54) is 11.4 Å². The van der Waals surface area contributed by atoms with Crippen molar-refractivity contribution >= 4 is 15.9 Å². The molecule has 0 heterocycles. The van der Waals surface area contributed by atoms with E-state index in [1.54, 1.807) is 24.3 Å². The van der Waals surface area contributed by atoms with Crippen LogP contribution in [-0.2, 0) is 14.8 Å². The summed E-state index contributed by atoms with van der Waals surface area (Å²) in [5.74, 6) is -0.160. The van der Waals surface area contributed by atoms with Crippen LogP contribution in [-0.4, -0.2) is 57.8 Å². The molecule has 0 aliphatic heterocycles. The van der Waals surface area contributed by atoms with Gasteiger partial charge in [0.2, 0.25) is 15.9 Å². The average molecular weight is 390 g/mol. The first-order valence-corrected chi connectivity index (χ1v) is 10.2. The van der Waals surface area contributed by atoms with E-state index in [-0.39, 0.29) is 23.9 Å². The summed E-state index contributed by atoms with van der Waals surface area (Å²) in [5.41, 5.74) is 1.89. The molecule has 0 fully saturated rings. The molecule has 7 heteroatoms. The molecule has 2 rings (SSSR count). The normalized spacial score (nSPS) is 13.0. The van der Waals surface area contributed by atoms with Gasteiger partial charge in [-0.2, -0.15) is 4.31 Å². The molecule has 1 N–H and O–H groups in total. The molecule has 0 saturated heterocycles. The molecule has 1 amide bonds. The predicted molar refractivity (Wildman–Crippen MR) is 107 cm³/mol. The molecule has 1 unspecified atom stereocenters. The van der Waals surface area contributed by atoms with Crippen molar-refractivity contribution in [2.45, 2.75) is 17.9 Å². The molecule has 1 atom stereocenters. The fourth-order valence-electron chi connectivity index (χ4n) is 2.76. The summed E-state index contributed by atoms with van der Waals surface area (Å²) < 4.78 is 26.4. The van der Waals surface area contributed by atoms with Crippen LogP contribution in [0.2, 0.25) is 0 Å². The highest BCUT2D eigenvalue weighted by atomic mass is 32.2. The molecule has 2 aromatic rings. The van der Waals surface area contributed by atoms with Gasteiger partial charge >= 0.3 is 0 Å². The average Bonchev–Trinajstić information content (AvgIpc) is 2.62. The Morgan fingerprint density at radius 3 is 2.15 bits per heavy atom. The van der Waals surface area contributed by atoms with Crippen LogP contribution in [0, 0.1) is 6.92 Å². The van der Waals surface area contributed by atoms with E-state index in [2.05, 4.69) is 5.32 Å². The lowest BCUT2D eigenvalue weighted by molar-refractivity contribution is -0.125. The second-order valence-electron chi connectivity index (χ2n) is 6.71. The van der Waals surface area contributed by atoms with Gasteiger partial charge in [-0.3, -0.25) is 9.69 Å². The first-order chi connectivity index (χ1) is 12.7. The van der Waals surface area contributed by atoms with Gasteiger partial charge in [0.15, 0.2) is 0 Å². The summed E-state index contributed by atoms with van der Waals surface area (Å²) >= 11 is 0. The van der Waals surface area contributed by atoms with Gasteiger partial charge in [0.1, 0.15) is 6.04 Å². The van der Waals surface area contributed by atoms with Crippen molar-refractivity contribution in [2.75, 3.05) is 34.2 Å². The van der Waals surface area contributed by atoms with Crippen molar-refractivity contribution in [1.29, 1.82) is 0 Å². The lowest BCUT2D eigenvalue weighted by Crippen LogP contribution is -2.41. The van der Waals surface area contributed by atoms with E-state index >= 15 is 0 Å². The number of sulfonamides is 1. The minimum absolute atomic E-state index is 0.160. The van der Waals surface area contributed by atoms with E-state index in [0.717, 1.165) is 11.1 Å². The topological polar surface area (TPSA) is 69.7 Å². The molecule has 0 saturated carbocycles. The SMILES string of the molecule is Cc1ccc(S(=O)(=O)N(C)CCNC(=O)C(c2ccccc2)N(C)C)cc1. The third-order valence-corrected chi connectivity index (χ3v) is 6.21. The monoisotopic (exact) mass is 389 g/mol. The molecule has 146 valence electrons. The van der Waals surface area contributed by atoms with Gasteiger partial charge in [-0.05, 0) is 38.7 Å². The molecule has 0 bridgehead atoms. The van der Waals surface area contributed by atoms with Crippen LogP contribution in [0.25, 0.3) is 0 Å². The first kappa shape index (κ1) is 21.1. The van der Waals surface area contributed by atoms with Crippen LogP contribution in [0.4, 0.5) is 0 Å². The third kappa shape index (κ3) is 5.38. The summed E-state index contributed by atoms with van der Waals surface area (Å²) in [5, 5.41) is 2.84. The van der Waals surface area contributed by atoms with Crippen molar-refractivity contribution in [1.82, 2.24) is 14.5 Å². The number of carbonyl (C=O) groups is 1. The van der Waals surface area contributed by atoms with Crippen LogP contribution in [0.15, 0.2) is 59.5 Å². The van der Waals surface area contributed by atoms with Crippen molar-refractivity contribution < 1.29 is 13.2 Å². The Hall–Kier alpha value is -2.22. The molecule has 0 aromatic heterocycles. The van der Waals surface area contributed by atoms with E-state index in [1.807, 2.05) is 56.3 Å². The maximum absolute atomic E-state index is 12.6.